The van der Waals surface area contributed by atoms with Gasteiger partial charge < -0.3 is 4.57 Å². The van der Waals surface area contributed by atoms with Gasteiger partial charge >= 0.3 is 0 Å². The number of aromatic nitrogens is 1. The number of amides is 1. The zero-order valence-electron chi connectivity index (χ0n) is 21.0. The van der Waals surface area contributed by atoms with Gasteiger partial charge in [0.25, 0.3) is 5.91 Å². The zero-order valence-corrected chi connectivity index (χ0v) is 21.8. The number of amidine groups is 2. The average molecular weight is 488 g/mol. The molecule has 0 bridgehead atoms. The van der Waals surface area contributed by atoms with E-state index in [1.165, 1.54) is 60.0 Å². The van der Waals surface area contributed by atoms with Crippen molar-refractivity contribution in [2.24, 2.45) is 16.0 Å². The number of benzene rings is 1. The van der Waals surface area contributed by atoms with Crippen LogP contribution in [0.15, 0.2) is 39.9 Å². The largest absolute Gasteiger partial charge is 0.318 e. The molecule has 0 spiro atoms. The summed E-state index contributed by atoms with van der Waals surface area (Å²) in [6, 6.07) is 8.38. The van der Waals surface area contributed by atoms with Crippen molar-refractivity contribution in [3.8, 4) is 5.69 Å². The fraction of sp³-hybridized carbons (Fsp3) is 0.429. The van der Waals surface area contributed by atoms with Gasteiger partial charge in [-0.05, 0) is 93.1 Å². The minimum atomic E-state index is -0.367. The van der Waals surface area contributed by atoms with Crippen molar-refractivity contribution in [2.75, 3.05) is 0 Å². The molecule has 2 aliphatic heterocycles. The van der Waals surface area contributed by atoms with E-state index in [2.05, 4.69) is 66.6 Å². The molecule has 35 heavy (non-hydrogen) atoms. The highest BCUT2D eigenvalue weighted by atomic mass is 32.2. The van der Waals surface area contributed by atoms with E-state index in [4.69, 9.17) is 5.41 Å². The topological polar surface area (TPSA) is 73.8 Å². The van der Waals surface area contributed by atoms with Crippen LogP contribution in [0.1, 0.15) is 73.0 Å². The molecule has 3 aliphatic rings. The van der Waals surface area contributed by atoms with Crippen molar-refractivity contribution in [2.45, 2.75) is 72.6 Å². The second-order valence-electron chi connectivity index (χ2n) is 9.94. The molecule has 1 N–H and O–H groups in total. The van der Waals surface area contributed by atoms with Gasteiger partial charge in [-0.3, -0.25) is 10.2 Å². The standard InChI is InChI=1S/C28H33N5OS/c1-17-9-8-12-24(19(17)3)32-18(2)15-22(20(32)4)16-23-26(29)33-28(30-27(23)34)35-25(31-33)14-13-21-10-6-5-7-11-21/h8-9,12,15-16,21,29H,5-7,10-11,13-14H2,1-4H3/b23-16-,29-26?. The van der Waals surface area contributed by atoms with Crippen molar-refractivity contribution in [1.29, 1.82) is 5.41 Å². The summed E-state index contributed by atoms with van der Waals surface area (Å²) in [5.74, 6) is 0.515. The Balaban J connectivity index is 1.40. The first kappa shape index (κ1) is 23.8. The number of hydrogen-bond acceptors (Lipinski definition) is 4. The van der Waals surface area contributed by atoms with Gasteiger partial charge in [0.2, 0.25) is 5.17 Å². The summed E-state index contributed by atoms with van der Waals surface area (Å²) < 4.78 is 2.22. The molecule has 1 amide bonds. The maximum absolute atomic E-state index is 12.9. The van der Waals surface area contributed by atoms with Gasteiger partial charge in [-0.15, -0.1) is 0 Å². The van der Waals surface area contributed by atoms with E-state index in [0.29, 0.717) is 5.17 Å². The number of thioether (sulfide) groups is 1. The molecule has 0 saturated heterocycles. The Morgan fingerprint density at radius 1 is 1.14 bits per heavy atom. The average Bonchev–Trinajstić information content (AvgIpc) is 3.38. The third-order valence-corrected chi connectivity index (χ3v) is 8.54. The lowest BCUT2D eigenvalue weighted by molar-refractivity contribution is -0.114. The fourth-order valence-electron chi connectivity index (χ4n) is 5.37. The maximum Gasteiger partial charge on any atom is 0.283 e. The summed E-state index contributed by atoms with van der Waals surface area (Å²) in [5, 5.41) is 16.4. The van der Waals surface area contributed by atoms with E-state index in [9.17, 15) is 4.79 Å². The van der Waals surface area contributed by atoms with Gasteiger partial charge in [0.05, 0.1) is 5.57 Å². The van der Waals surface area contributed by atoms with Gasteiger partial charge in [-0.1, -0.05) is 44.2 Å². The van der Waals surface area contributed by atoms with Gasteiger partial charge in [-0.2, -0.15) is 15.1 Å². The number of hydrazone groups is 1. The molecule has 0 unspecified atom stereocenters. The summed E-state index contributed by atoms with van der Waals surface area (Å²) in [4.78, 5) is 17.2. The molecular weight excluding hydrogens is 454 g/mol. The van der Waals surface area contributed by atoms with Crippen LogP contribution in [0, 0.1) is 39.0 Å². The number of fused-ring (bicyclic) bond motifs is 1. The van der Waals surface area contributed by atoms with Crippen molar-refractivity contribution in [3.63, 3.8) is 0 Å². The normalized spacial score (nSPS) is 19.9. The third-order valence-electron chi connectivity index (χ3n) is 7.57. The van der Waals surface area contributed by atoms with Crippen LogP contribution in [0.5, 0.6) is 0 Å². The van der Waals surface area contributed by atoms with Crippen LogP contribution in [0.25, 0.3) is 11.8 Å². The molecule has 0 radical (unpaired) electrons. The number of rotatable bonds is 5. The number of aliphatic imine (C=N–C) groups is 1. The Labute approximate surface area is 211 Å². The van der Waals surface area contributed by atoms with Crippen LogP contribution >= 0.6 is 11.8 Å². The van der Waals surface area contributed by atoms with E-state index in [-0.39, 0.29) is 17.3 Å². The number of hydrogen-bond donors (Lipinski definition) is 1. The Hall–Kier alpha value is -2.93. The van der Waals surface area contributed by atoms with E-state index in [1.54, 1.807) is 6.08 Å². The third kappa shape index (κ3) is 4.54. The summed E-state index contributed by atoms with van der Waals surface area (Å²) in [6.07, 6.45) is 10.5. The fourth-order valence-corrected chi connectivity index (χ4v) is 6.27. The van der Waals surface area contributed by atoms with Gasteiger partial charge in [0, 0.05) is 17.1 Å². The molecule has 1 saturated carbocycles. The quantitative estimate of drug-likeness (QED) is 0.477. The van der Waals surface area contributed by atoms with Crippen molar-refractivity contribution < 1.29 is 4.79 Å². The molecule has 7 heteroatoms. The summed E-state index contributed by atoms with van der Waals surface area (Å²) in [6.45, 7) is 8.37. The number of aryl methyl sites for hydroxylation is 2. The highest BCUT2D eigenvalue weighted by Gasteiger charge is 2.36. The molecule has 182 valence electrons. The molecule has 0 atom stereocenters. The SMILES string of the molecule is Cc1cccc(-n2c(C)cc(/C=C3/C(=N)N4N=C(CCC5CCCCC5)SC4=NC3=O)c2C)c1C. The Morgan fingerprint density at radius 2 is 1.91 bits per heavy atom. The van der Waals surface area contributed by atoms with Crippen LogP contribution in [0.2, 0.25) is 0 Å². The number of carbonyl (C=O) groups excluding carboxylic acids is 1. The second-order valence-corrected chi connectivity index (χ2v) is 11.0. The molecule has 2 aromatic rings. The predicted octanol–water partition coefficient (Wildman–Crippen LogP) is 6.69. The van der Waals surface area contributed by atoms with Gasteiger partial charge in [0.15, 0.2) is 5.84 Å². The van der Waals surface area contributed by atoms with Crippen LogP contribution in [-0.4, -0.2) is 31.5 Å². The number of nitrogens with zero attached hydrogens (tertiary/aromatic N) is 4. The minimum absolute atomic E-state index is 0.108. The van der Waals surface area contributed by atoms with Gasteiger partial charge in [-0.25, -0.2) is 0 Å². The van der Waals surface area contributed by atoms with E-state index in [1.807, 2.05) is 0 Å². The molecule has 1 fully saturated rings. The Bertz CT molecular complexity index is 1290. The van der Waals surface area contributed by atoms with Crippen LogP contribution in [0.4, 0.5) is 0 Å². The number of nitrogens with one attached hydrogen (secondary N) is 1. The highest BCUT2D eigenvalue weighted by molar-refractivity contribution is 8.26. The van der Waals surface area contributed by atoms with Crippen LogP contribution in [-0.2, 0) is 4.79 Å². The van der Waals surface area contributed by atoms with E-state index in [0.717, 1.165) is 46.4 Å². The molecule has 1 aromatic heterocycles. The molecule has 6 nitrogen and oxygen atoms in total. The van der Waals surface area contributed by atoms with Crippen LogP contribution in [0.3, 0.4) is 0 Å². The highest BCUT2D eigenvalue weighted by Crippen LogP contribution is 2.34. The smallest absolute Gasteiger partial charge is 0.283 e. The molecule has 3 heterocycles. The summed E-state index contributed by atoms with van der Waals surface area (Å²) >= 11 is 1.44. The number of carbonyl (C=O) groups is 1. The second kappa shape index (κ2) is 9.61. The van der Waals surface area contributed by atoms with E-state index >= 15 is 0 Å². The van der Waals surface area contributed by atoms with Crippen LogP contribution < -0.4 is 0 Å². The summed E-state index contributed by atoms with van der Waals surface area (Å²) in [7, 11) is 0. The van der Waals surface area contributed by atoms with Gasteiger partial charge in [0.1, 0.15) is 5.04 Å². The molecular formula is C28H33N5OS. The lowest BCUT2D eigenvalue weighted by Gasteiger charge is -2.20. The van der Waals surface area contributed by atoms with Crippen molar-refractivity contribution >= 4 is 39.8 Å². The first-order valence-corrected chi connectivity index (χ1v) is 13.4. The summed E-state index contributed by atoms with van der Waals surface area (Å²) in [5.41, 5.74) is 6.93. The maximum atomic E-state index is 12.9. The predicted molar refractivity (Wildman–Crippen MR) is 146 cm³/mol. The Morgan fingerprint density at radius 3 is 2.69 bits per heavy atom. The minimum Gasteiger partial charge on any atom is -0.318 e. The van der Waals surface area contributed by atoms with Crippen molar-refractivity contribution in [1.82, 2.24) is 9.58 Å². The Kier molecular flexibility index (Phi) is 6.53. The lowest BCUT2D eigenvalue weighted by atomic mass is 9.86. The monoisotopic (exact) mass is 487 g/mol. The zero-order chi connectivity index (χ0) is 24.7. The molecule has 1 aliphatic carbocycles. The van der Waals surface area contributed by atoms with Crippen molar-refractivity contribution in [3.05, 3.63) is 57.9 Å². The lowest BCUT2D eigenvalue weighted by Crippen LogP contribution is -2.35. The van der Waals surface area contributed by atoms with E-state index < -0.39 is 0 Å². The first-order chi connectivity index (χ1) is 16.8. The molecule has 5 rings (SSSR count). The first-order valence-electron chi connectivity index (χ1n) is 12.6. The molecule has 1 aromatic carbocycles.